The molecule has 29 heavy (non-hydrogen) atoms. The zero-order valence-corrected chi connectivity index (χ0v) is 17.5. The number of rotatable bonds is 5. The van der Waals surface area contributed by atoms with E-state index in [9.17, 15) is 4.79 Å². The molecule has 5 heteroatoms. The molecule has 1 amide bonds. The second-order valence-corrected chi connectivity index (χ2v) is 8.27. The van der Waals surface area contributed by atoms with Gasteiger partial charge in [0.05, 0.1) is 10.6 Å². The van der Waals surface area contributed by atoms with Crippen molar-refractivity contribution < 1.29 is 9.53 Å². The highest BCUT2D eigenvalue weighted by Gasteiger charge is 2.33. The van der Waals surface area contributed by atoms with Gasteiger partial charge in [-0.2, -0.15) is 0 Å². The molecule has 3 aromatic carbocycles. The second-order valence-electron chi connectivity index (χ2n) is 6.59. The highest BCUT2D eigenvalue weighted by molar-refractivity contribution is 8.27. The quantitative estimate of drug-likeness (QED) is 0.363. The van der Waals surface area contributed by atoms with Crippen LogP contribution in [0.3, 0.4) is 0 Å². The lowest BCUT2D eigenvalue weighted by Crippen LogP contribution is -2.27. The minimum atomic E-state index is -0.0933. The van der Waals surface area contributed by atoms with E-state index in [-0.39, 0.29) is 12.0 Å². The summed E-state index contributed by atoms with van der Waals surface area (Å²) in [6.07, 6.45) is 1.83. The van der Waals surface area contributed by atoms with E-state index < -0.39 is 0 Å². The van der Waals surface area contributed by atoms with Crippen LogP contribution in [0.25, 0.3) is 6.08 Å². The largest absolute Gasteiger partial charge is 0.486 e. The Morgan fingerprint density at radius 3 is 2.21 bits per heavy atom. The number of hydrogen-bond acceptors (Lipinski definition) is 4. The molecule has 3 nitrogen and oxygen atoms in total. The van der Waals surface area contributed by atoms with Crippen molar-refractivity contribution in [2.24, 2.45) is 0 Å². The molecule has 1 heterocycles. The average Bonchev–Trinajstić information content (AvgIpc) is 3.03. The van der Waals surface area contributed by atoms with Crippen LogP contribution in [-0.2, 0) is 4.79 Å². The molecular formula is C24H19NO2S2. The summed E-state index contributed by atoms with van der Waals surface area (Å²) in [5.74, 6) is 0.694. The first-order valence-corrected chi connectivity index (χ1v) is 10.5. The van der Waals surface area contributed by atoms with E-state index in [4.69, 9.17) is 17.0 Å². The molecule has 1 saturated heterocycles. The van der Waals surface area contributed by atoms with Gasteiger partial charge in [0.15, 0.2) is 4.32 Å². The molecule has 0 saturated carbocycles. The van der Waals surface area contributed by atoms with Crippen molar-refractivity contribution in [3.05, 3.63) is 101 Å². The van der Waals surface area contributed by atoms with Gasteiger partial charge < -0.3 is 4.74 Å². The standard InChI is InChI=1S/C24H19NO2S2/c1-17(19-8-4-2-5-9-19)27-21-14-12-18(13-15-21)16-22-23(26)25(24(28)29-22)20-10-6-3-7-11-20/h2-17H,1H3. The van der Waals surface area contributed by atoms with Crippen LogP contribution < -0.4 is 9.64 Å². The Bertz CT molecular complexity index is 1050. The smallest absolute Gasteiger partial charge is 0.270 e. The van der Waals surface area contributed by atoms with Gasteiger partial charge in [-0.15, -0.1) is 0 Å². The molecule has 0 radical (unpaired) electrons. The maximum absolute atomic E-state index is 12.8. The van der Waals surface area contributed by atoms with Crippen molar-refractivity contribution in [3.8, 4) is 5.75 Å². The maximum atomic E-state index is 12.8. The number of thioether (sulfide) groups is 1. The van der Waals surface area contributed by atoms with E-state index in [0.29, 0.717) is 9.23 Å². The molecule has 4 rings (SSSR count). The summed E-state index contributed by atoms with van der Waals surface area (Å²) in [4.78, 5) is 15.0. The van der Waals surface area contributed by atoms with E-state index in [1.807, 2.05) is 97.9 Å². The Labute approximate surface area is 180 Å². The Balaban J connectivity index is 1.48. The molecule has 1 unspecified atom stereocenters. The highest BCUT2D eigenvalue weighted by Crippen LogP contribution is 2.36. The molecule has 1 atom stereocenters. The average molecular weight is 418 g/mol. The number of para-hydroxylation sites is 1. The fourth-order valence-corrected chi connectivity index (χ4v) is 4.36. The number of carbonyl (C=O) groups excluding carboxylic acids is 1. The third-order valence-electron chi connectivity index (χ3n) is 4.57. The minimum absolute atomic E-state index is 0.0378. The normalized spacial score (nSPS) is 16.3. The number of thiocarbonyl (C=S) groups is 1. The van der Waals surface area contributed by atoms with Crippen LogP contribution in [0.5, 0.6) is 5.75 Å². The predicted octanol–water partition coefficient (Wildman–Crippen LogP) is 6.23. The molecule has 1 aliphatic heterocycles. The molecule has 1 fully saturated rings. The minimum Gasteiger partial charge on any atom is -0.486 e. The Morgan fingerprint density at radius 1 is 0.931 bits per heavy atom. The molecule has 0 N–H and O–H groups in total. The molecule has 3 aromatic rings. The van der Waals surface area contributed by atoms with Crippen molar-refractivity contribution in [3.63, 3.8) is 0 Å². The SMILES string of the molecule is CC(Oc1ccc(C=C2SC(=S)N(c3ccccc3)C2=O)cc1)c1ccccc1. The van der Waals surface area contributed by atoms with Crippen molar-refractivity contribution >= 4 is 46.0 Å². The van der Waals surface area contributed by atoms with Gasteiger partial charge in [0, 0.05) is 0 Å². The third-order valence-corrected chi connectivity index (χ3v) is 5.87. The molecule has 144 valence electrons. The van der Waals surface area contributed by atoms with Crippen LogP contribution >= 0.6 is 24.0 Å². The third kappa shape index (κ3) is 4.42. The van der Waals surface area contributed by atoms with Crippen LogP contribution in [0.1, 0.15) is 24.2 Å². The maximum Gasteiger partial charge on any atom is 0.270 e. The topological polar surface area (TPSA) is 29.5 Å². The fourth-order valence-electron chi connectivity index (χ4n) is 3.06. The Morgan fingerprint density at radius 2 is 1.55 bits per heavy atom. The van der Waals surface area contributed by atoms with Crippen molar-refractivity contribution in [1.82, 2.24) is 0 Å². The Hall–Kier alpha value is -2.89. The van der Waals surface area contributed by atoms with Crippen LogP contribution in [0.15, 0.2) is 89.8 Å². The predicted molar refractivity (Wildman–Crippen MR) is 124 cm³/mol. The molecular weight excluding hydrogens is 398 g/mol. The fraction of sp³-hybridized carbons (Fsp3) is 0.0833. The van der Waals surface area contributed by atoms with Crippen molar-refractivity contribution in [2.45, 2.75) is 13.0 Å². The Kier molecular flexibility index (Phi) is 5.79. The number of ether oxygens (including phenoxy) is 1. The first-order chi connectivity index (χ1) is 14.1. The lowest BCUT2D eigenvalue weighted by molar-refractivity contribution is -0.113. The van der Waals surface area contributed by atoms with Gasteiger partial charge in [0.25, 0.3) is 5.91 Å². The number of benzene rings is 3. The molecule has 0 aliphatic carbocycles. The number of amides is 1. The lowest BCUT2D eigenvalue weighted by atomic mass is 10.1. The van der Waals surface area contributed by atoms with E-state index in [1.165, 1.54) is 11.8 Å². The van der Waals surface area contributed by atoms with Gasteiger partial charge in [0.1, 0.15) is 11.9 Å². The number of nitrogens with zero attached hydrogens (tertiary/aromatic N) is 1. The summed E-state index contributed by atoms with van der Waals surface area (Å²) in [5.41, 5.74) is 2.84. The summed E-state index contributed by atoms with van der Waals surface area (Å²) >= 11 is 6.74. The summed E-state index contributed by atoms with van der Waals surface area (Å²) in [7, 11) is 0. The zero-order chi connectivity index (χ0) is 20.2. The second kappa shape index (κ2) is 8.64. The van der Waals surface area contributed by atoms with Crippen LogP contribution in [0.4, 0.5) is 5.69 Å². The molecule has 0 bridgehead atoms. The monoisotopic (exact) mass is 417 g/mol. The van der Waals surface area contributed by atoms with Crippen LogP contribution in [0.2, 0.25) is 0 Å². The van der Waals surface area contributed by atoms with Crippen LogP contribution in [0, 0.1) is 0 Å². The highest BCUT2D eigenvalue weighted by atomic mass is 32.2. The van der Waals surface area contributed by atoms with E-state index in [1.54, 1.807) is 4.90 Å². The van der Waals surface area contributed by atoms with E-state index >= 15 is 0 Å². The number of carbonyl (C=O) groups is 1. The van der Waals surface area contributed by atoms with Crippen LogP contribution in [-0.4, -0.2) is 10.2 Å². The van der Waals surface area contributed by atoms with Crippen molar-refractivity contribution in [1.29, 1.82) is 0 Å². The van der Waals surface area contributed by atoms with Crippen molar-refractivity contribution in [2.75, 3.05) is 4.90 Å². The van der Waals surface area contributed by atoms with Gasteiger partial charge in [-0.1, -0.05) is 84.6 Å². The summed E-state index contributed by atoms with van der Waals surface area (Å²) < 4.78 is 6.56. The van der Waals surface area contributed by atoms with Gasteiger partial charge in [-0.05, 0) is 48.4 Å². The molecule has 0 aromatic heterocycles. The first kappa shape index (κ1) is 19.4. The summed E-state index contributed by atoms with van der Waals surface area (Å²) in [5, 5.41) is 0. The van der Waals surface area contributed by atoms with Gasteiger partial charge >= 0.3 is 0 Å². The summed E-state index contributed by atoms with van der Waals surface area (Å²) in [6, 6.07) is 27.3. The van der Waals surface area contributed by atoms with Gasteiger partial charge in [-0.3, -0.25) is 9.69 Å². The molecule has 1 aliphatic rings. The zero-order valence-electron chi connectivity index (χ0n) is 15.8. The first-order valence-electron chi connectivity index (χ1n) is 9.26. The van der Waals surface area contributed by atoms with Gasteiger partial charge in [0.2, 0.25) is 0 Å². The van der Waals surface area contributed by atoms with Gasteiger partial charge in [-0.25, -0.2) is 0 Å². The van der Waals surface area contributed by atoms with E-state index in [0.717, 1.165) is 22.6 Å². The lowest BCUT2D eigenvalue weighted by Gasteiger charge is -2.15. The number of anilines is 1. The molecule has 0 spiro atoms. The van der Waals surface area contributed by atoms with E-state index in [2.05, 4.69) is 0 Å². The summed E-state index contributed by atoms with van der Waals surface area (Å²) in [6.45, 7) is 2.03. The number of hydrogen-bond donors (Lipinski definition) is 0.